The van der Waals surface area contributed by atoms with Crippen molar-refractivity contribution in [2.45, 2.75) is 0 Å². The zero-order chi connectivity index (χ0) is 21.5. The number of carbonyl (C=O) groups is 2. The van der Waals surface area contributed by atoms with Crippen molar-refractivity contribution in [3.8, 4) is 5.75 Å². The summed E-state index contributed by atoms with van der Waals surface area (Å²) in [4.78, 5) is 37.0. The Hall–Kier alpha value is -4.47. The number of ether oxygens (including phenoxy) is 1. The van der Waals surface area contributed by atoms with Crippen LogP contribution in [-0.4, -0.2) is 33.5 Å². The molecule has 0 saturated heterocycles. The van der Waals surface area contributed by atoms with E-state index in [0.717, 1.165) is 6.20 Å². The molecule has 1 amide bonds. The maximum atomic E-state index is 12.0. The van der Waals surface area contributed by atoms with Crippen LogP contribution >= 0.6 is 0 Å². The van der Waals surface area contributed by atoms with Gasteiger partial charge in [-0.1, -0.05) is 6.07 Å². The molecule has 0 spiro atoms. The van der Waals surface area contributed by atoms with Gasteiger partial charge in [0.2, 0.25) is 0 Å². The molecule has 152 valence electrons. The molecule has 0 bridgehead atoms. The zero-order valence-corrected chi connectivity index (χ0v) is 15.4. The molecule has 1 heterocycles. The van der Waals surface area contributed by atoms with Crippen molar-refractivity contribution in [2.75, 3.05) is 17.2 Å². The summed E-state index contributed by atoms with van der Waals surface area (Å²) in [5.74, 6) is -0.626. The molecule has 0 aliphatic heterocycles. The molecule has 10 nitrogen and oxygen atoms in total. The number of carboxylic acids is 1. The van der Waals surface area contributed by atoms with Crippen molar-refractivity contribution >= 4 is 34.8 Å². The van der Waals surface area contributed by atoms with Crippen LogP contribution in [0.1, 0.15) is 10.4 Å². The summed E-state index contributed by atoms with van der Waals surface area (Å²) in [5.41, 5.74) is 1.01. The van der Waals surface area contributed by atoms with Crippen LogP contribution in [0.4, 0.5) is 22.9 Å². The van der Waals surface area contributed by atoms with E-state index in [-0.39, 0.29) is 17.9 Å². The van der Waals surface area contributed by atoms with Crippen molar-refractivity contribution < 1.29 is 24.4 Å². The standard InChI is InChI=1S/C20H16N4O6/c25-19(23-15-3-1-2-13(10-15)20(26)27)12-30-17-7-4-14(5-8-17)22-18-9-6-16(11-21-18)24(28)29/h1-11H,12H2,(H,21,22)(H,23,25)(H,26,27). The summed E-state index contributed by atoms with van der Waals surface area (Å²) < 4.78 is 5.42. The van der Waals surface area contributed by atoms with Crippen molar-refractivity contribution in [2.24, 2.45) is 0 Å². The number of pyridine rings is 1. The van der Waals surface area contributed by atoms with E-state index in [0.29, 0.717) is 22.9 Å². The Balaban J connectivity index is 1.51. The number of nitrogens with zero attached hydrogens (tertiary/aromatic N) is 2. The van der Waals surface area contributed by atoms with Gasteiger partial charge in [-0.05, 0) is 48.5 Å². The second kappa shape index (κ2) is 9.15. The van der Waals surface area contributed by atoms with Crippen LogP contribution in [0.3, 0.4) is 0 Å². The number of carbonyl (C=O) groups excluding carboxylic acids is 1. The third-order valence-corrected chi connectivity index (χ3v) is 3.85. The van der Waals surface area contributed by atoms with Gasteiger partial charge in [0.15, 0.2) is 6.61 Å². The van der Waals surface area contributed by atoms with Crippen LogP contribution in [0.15, 0.2) is 66.9 Å². The van der Waals surface area contributed by atoms with Gasteiger partial charge in [-0.15, -0.1) is 0 Å². The van der Waals surface area contributed by atoms with Crippen molar-refractivity contribution in [1.82, 2.24) is 4.98 Å². The highest BCUT2D eigenvalue weighted by Crippen LogP contribution is 2.20. The molecule has 0 saturated carbocycles. The monoisotopic (exact) mass is 408 g/mol. The fourth-order valence-electron chi connectivity index (χ4n) is 2.43. The number of benzene rings is 2. The molecule has 0 radical (unpaired) electrons. The molecule has 1 aromatic heterocycles. The van der Waals surface area contributed by atoms with Gasteiger partial charge >= 0.3 is 5.97 Å². The summed E-state index contributed by atoms with van der Waals surface area (Å²) in [7, 11) is 0. The first kappa shape index (κ1) is 20.3. The molecule has 0 aliphatic rings. The Labute approximate surface area is 170 Å². The zero-order valence-electron chi connectivity index (χ0n) is 15.4. The normalized spacial score (nSPS) is 10.1. The molecular weight excluding hydrogens is 392 g/mol. The number of rotatable bonds is 8. The lowest BCUT2D eigenvalue weighted by atomic mass is 10.2. The molecule has 2 aromatic carbocycles. The largest absolute Gasteiger partial charge is 0.484 e. The van der Waals surface area contributed by atoms with Crippen molar-refractivity contribution in [3.63, 3.8) is 0 Å². The van der Waals surface area contributed by atoms with E-state index in [1.54, 1.807) is 30.3 Å². The Morgan fingerprint density at radius 3 is 2.47 bits per heavy atom. The third-order valence-electron chi connectivity index (χ3n) is 3.85. The first-order chi connectivity index (χ1) is 14.4. The second-order valence-electron chi connectivity index (χ2n) is 6.03. The van der Waals surface area contributed by atoms with E-state index in [1.807, 2.05) is 0 Å². The van der Waals surface area contributed by atoms with E-state index >= 15 is 0 Å². The molecular formula is C20H16N4O6. The van der Waals surface area contributed by atoms with Gasteiger partial charge in [0.05, 0.1) is 10.5 Å². The fourth-order valence-corrected chi connectivity index (χ4v) is 2.43. The quantitative estimate of drug-likeness (QED) is 0.380. The van der Waals surface area contributed by atoms with Crippen LogP contribution in [0, 0.1) is 10.1 Å². The Bertz CT molecular complexity index is 1070. The first-order valence-electron chi connectivity index (χ1n) is 8.64. The van der Waals surface area contributed by atoms with E-state index in [1.165, 1.54) is 30.3 Å². The van der Waals surface area contributed by atoms with Crippen LogP contribution in [0.2, 0.25) is 0 Å². The molecule has 0 unspecified atom stereocenters. The molecule has 3 N–H and O–H groups in total. The Kier molecular flexibility index (Phi) is 6.18. The van der Waals surface area contributed by atoms with Crippen LogP contribution in [0.5, 0.6) is 5.75 Å². The highest BCUT2D eigenvalue weighted by Gasteiger charge is 2.08. The SMILES string of the molecule is O=C(COc1ccc(Nc2ccc([N+](=O)[O-])cn2)cc1)Nc1cccc(C(=O)O)c1. The van der Waals surface area contributed by atoms with E-state index in [2.05, 4.69) is 15.6 Å². The van der Waals surface area contributed by atoms with Gasteiger partial charge in [-0.2, -0.15) is 0 Å². The molecule has 0 atom stereocenters. The Morgan fingerprint density at radius 2 is 1.83 bits per heavy atom. The van der Waals surface area contributed by atoms with E-state index < -0.39 is 16.8 Å². The minimum atomic E-state index is -1.08. The van der Waals surface area contributed by atoms with Gasteiger partial charge in [0.25, 0.3) is 11.6 Å². The molecule has 30 heavy (non-hydrogen) atoms. The minimum absolute atomic E-state index is 0.0688. The van der Waals surface area contributed by atoms with Crippen molar-refractivity contribution in [3.05, 3.63) is 82.5 Å². The maximum absolute atomic E-state index is 12.0. The number of carboxylic acid groups (broad SMARTS) is 1. The van der Waals surface area contributed by atoms with Gasteiger partial charge in [0.1, 0.15) is 17.8 Å². The smallest absolute Gasteiger partial charge is 0.335 e. The lowest BCUT2D eigenvalue weighted by Crippen LogP contribution is -2.20. The third kappa shape index (κ3) is 5.52. The Morgan fingerprint density at radius 1 is 1.07 bits per heavy atom. The van der Waals surface area contributed by atoms with Crippen molar-refractivity contribution in [1.29, 1.82) is 0 Å². The molecule has 3 rings (SSSR count). The van der Waals surface area contributed by atoms with Crippen LogP contribution in [-0.2, 0) is 4.79 Å². The molecule has 10 heteroatoms. The number of aromatic nitrogens is 1. The average Bonchev–Trinajstić information content (AvgIpc) is 2.74. The maximum Gasteiger partial charge on any atom is 0.335 e. The lowest BCUT2D eigenvalue weighted by Gasteiger charge is -2.09. The second-order valence-corrected chi connectivity index (χ2v) is 6.03. The summed E-state index contributed by atoms with van der Waals surface area (Å²) in [6.07, 6.45) is 1.16. The van der Waals surface area contributed by atoms with Gasteiger partial charge in [0, 0.05) is 17.4 Å². The number of anilines is 3. The molecule has 3 aromatic rings. The number of hydrogen-bond donors (Lipinski definition) is 3. The number of nitrogens with one attached hydrogen (secondary N) is 2. The molecule has 0 fully saturated rings. The van der Waals surface area contributed by atoms with Gasteiger partial charge in [-0.3, -0.25) is 14.9 Å². The van der Waals surface area contributed by atoms with Gasteiger partial charge in [-0.25, -0.2) is 9.78 Å². The first-order valence-corrected chi connectivity index (χ1v) is 8.64. The lowest BCUT2D eigenvalue weighted by molar-refractivity contribution is -0.385. The number of amides is 1. The summed E-state index contributed by atoms with van der Waals surface area (Å²) in [5, 5.41) is 25.2. The number of hydrogen-bond acceptors (Lipinski definition) is 7. The predicted octanol–water partition coefficient (Wildman–Crippen LogP) is 3.45. The predicted molar refractivity (Wildman–Crippen MR) is 108 cm³/mol. The summed E-state index contributed by atoms with van der Waals surface area (Å²) in [6.45, 7) is -0.256. The van der Waals surface area contributed by atoms with Crippen LogP contribution in [0.25, 0.3) is 0 Å². The number of nitro groups is 1. The number of aromatic carboxylic acids is 1. The highest BCUT2D eigenvalue weighted by atomic mass is 16.6. The average molecular weight is 408 g/mol. The summed E-state index contributed by atoms with van der Waals surface area (Å²) in [6, 6.07) is 15.4. The van der Waals surface area contributed by atoms with Crippen LogP contribution < -0.4 is 15.4 Å². The molecule has 0 aliphatic carbocycles. The van der Waals surface area contributed by atoms with E-state index in [9.17, 15) is 19.7 Å². The minimum Gasteiger partial charge on any atom is -0.484 e. The fraction of sp³-hybridized carbons (Fsp3) is 0.0500. The van der Waals surface area contributed by atoms with Gasteiger partial charge < -0.3 is 20.5 Å². The van der Waals surface area contributed by atoms with E-state index in [4.69, 9.17) is 9.84 Å². The summed E-state index contributed by atoms with van der Waals surface area (Å²) >= 11 is 0. The highest BCUT2D eigenvalue weighted by molar-refractivity contribution is 5.94. The topological polar surface area (TPSA) is 144 Å².